The van der Waals surface area contributed by atoms with Gasteiger partial charge in [0.1, 0.15) is 0 Å². The van der Waals surface area contributed by atoms with Crippen LogP contribution >= 0.6 is 12.2 Å². The summed E-state index contributed by atoms with van der Waals surface area (Å²) in [5, 5.41) is 16.6. The van der Waals surface area contributed by atoms with Gasteiger partial charge in [-0.05, 0) is 59.7 Å². The molecule has 0 saturated heterocycles. The van der Waals surface area contributed by atoms with E-state index < -0.39 is 5.97 Å². The van der Waals surface area contributed by atoms with Gasteiger partial charge in [0, 0.05) is 11.3 Å². The molecule has 0 spiro atoms. The van der Waals surface area contributed by atoms with Gasteiger partial charge in [0.25, 0.3) is 5.91 Å². The van der Waals surface area contributed by atoms with E-state index in [1.165, 1.54) is 6.07 Å². The van der Waals surface area contributed by atoms with Gasteiger partial charge in [0.15, 0.2) is 5.11 Å². The van der Waals surface area contributed by atoms with Crippen LogP contribution in [-0.2, 0) is 0 Å². The summed E-state index contributed by atoms with van der Waals surface area (Å²) < 4.78 is 0. The molecule has 3 rings (SSSR count). The number of rotatable bonds is 3. The lowest BCUT2D eigenvalue weighted by Crippen LogP contribution is -2.34. The second-order valence-corrected chi connectivity index (χ2v) is 6.18. The SMILES string of the molecule is Cc1cc(C(=O)O)ccc1NC(=S)NC(=O)c1cccc2ccccc12. The molecule has 1 amide bonds. The number of fused-ring (bicyclic) bond motifs is 1. The number of thiocarbonyl (C=S) groups is 1. The first-order valence-corrected chi connectivity index (χ1v) is 8.30. The summed E-state index contributed by atoms with van der Waals surface area (Å²) in [6.07, 6.45) is 0. The maximum Gasteiger partial charge on any atom is 0.335 e. The van der Waals surface area contributed by atoms with E-state index in [0.29, 0.717) is 16.8 Å². The Balaban J connectivity index is 1.76. The van der Waals surface area contributed by atoms with Crippen molar-refractivity contribution < 1.29 is 14.7 Å². The van der Waals surface area contributed by atoms with Crippen molar-refractivity contribution in [3.05, 3.63) is 77.4 Å². The summed E-state index contributed by atoms with van der Waals surface area (Å²) in [6.45, 7) is 1.77. The number of hydrogen-bond donors (Lipinski definition) is 3. The number of carbonyl (C=O) groups excluding carboxylic acids is 1. The van der Waals surface area contributed by atoms with Crippen LogP contribution < -0.4 is 10.6 Å². The topological polar surface area (TPSA) is 78.4 Å². The molecule has 0 saturated carbocycles. The molecule has 0 aliphatic heterocycles. The minimum Gasteiger partial charge on any atom is -0.478 e. The van der Waals surface area contributed by atoms with Crippen molar-refractivity contribution in [2.45, 2.75) is 6.92 Å². The molecule has 3 aromatic rings. The number of amides is 1. The van der Waals surface area contributed by atoms with Gasteiger partial charge >= 0.3 is 5.97 Å². The summed E-state index contributed by atoms with van der Waals surface area (Å²) >= 11 is 5.22. The van der Waals surface area contributed by atoms with Crippen molar-refractivity contribution in [2.75, 3.05) is 5.32 Å². The second-order valence-electron chi connectivity index (χ2n) is 5.77. The Hall–Kier alpha value is -3.25. The highest BCUT2D eigenvalue weighted by atomic mass is 32.1. The van der Waals surface area contributed by atoms with Crippen molar-refractivity contribution in [2.24, 2.45) is 0 Å². The van der Waals surface area contributed by atoms with E-state index in [9.17, 15) is 9.59 Å². The van der Waals surface area contributed by atoms with Gasteiger partial charge in [0.2, 0.25) is 0 Å². The molecule has 0 aliphatic rings. The average molecular weight is 364 g/mol. The first-order chi connectivity index (χ1) is 12.5. The van der Waals surface area contributed by atoms with E-state index in [0.717, 1.165) is 10.8 Å². The van der Waals surface area contributed by atoms with Gasteiger partial charge in [-0.25, -0.2) is 4.79 Å². The zero-order valence-corrected chi connectivity index (χ0v) is 14.8. The smallest absolute Gasteiger partial charge is 0.335 e. The molecule has 0 fully saturated rings. The van der Waals surface area contributed by atoms with Crippen molar-refractivity contribution in [1.82, 2.24) is 5.32 Å². The number of carbonyl (C=O) groups is 2. The number of benzene rings is 3. The van der Waals surface area contributed by atoms with Gasteiger partial charge in [-0.15, -0.1) is 0 Å². The summed E-state index contributed by atoms with van der Waals surface area (Å²) in [4.78, 5) is 23.6. The number of hydrogen-bond acceptors (Lipinski definition) is 3. The van der Waals surface area contributed by atoms with E-state index in [2.05, 4.69) is 10.6 Å². The molecule has 26 heavy (non-hydrogen) atoms. The van der Waals surface area contributed by atoms with Gasteiger partial charge in [0.05, 0.1) is 5.56 Å². The quantitative estimate of drug-likeness (QED) is 0.613. The number of aromatic carboxylic acids is 1. The molecule has 0 bridgehead atoms. The highest BCUT2D eigenvalue weighted by Gasteiger charge is 2.12. The van der Waals surface area contributed by atoms with Crippen LogP contribution in [0.15, 0.2) is 60.7 Å². The Kier molecular flexibility index (Phi) is 4.95. The average Bonchev–Trinajstić information content (AvgIpc) is 2.62. The lowest BCUT2D eigenvalue weighted by Gasteiger charge is -2.13. The second kappa shape index (κ2) is 7.33. The lowest BCUT2D eigenvalue weighted by atomic mass is 10.0. The van der Waals surface area contributed by atoms with Crippen LogP contribution in [0.4, 0.5) is 5.69 Å². The lowest BCUT2D eigenvalue weighted by molar-refractivity contribution is 0.0696. The van der Waals surface area contributed by atoms with Crippen molar-refractivity contribution in [1.29, 1.82) is 0 Å². The molecular weight excluding hydrogens is 348 g/mol. The van der Waals surface area contributed by atoms with E-state index >= 15 is 0 Å². The highest BCUT2D eigenvalue weighted by Crippen LogP contribution is 2.19. The predicted octanol–water partition coefficient (Wildman–Crippen LogP) is 3.97. The molecule has 0 unspecified atom stereocenters. The summed E-state index contributed by atoms with van der Waals surface area (Å²) in [6, 6.07) is 17.8. The minimum atomic E-state index is -0.994. The van der Waals surface area contributed by atoms with Gasteiger partial charge < -0.3 is 10.4 Å². The largest absolute Gasteiger partial charge is 0.478 e. The standard InChI is InChI=1S/C20H16N2O3S/c1-12-11-14(19(24)25)9-10-17(12)21-20(26)22-18(23)16-8-4-6-13-5-2-3-7-15(13)16/h2-11H,1H3,(H,24,25)(H2,21,22,23,26). The molecule has 0 radical (unpaired) electrons. The monoisotopic (exact) mass is 364 g/mol. The number of nitrogens with one attached hydrogen (secondary N) is 2. The van der Waals surface area contributed by atoms with Crippen molar-refractivity contribution in [3.63, 3.8) is 0 Å². The third-order valence-electron chi connectivity index (χ3n) is 3.98. The van der Waals surface area contributed by atoms with Crippen LogP contribution in [0.5, 0.6) is 0 Å². The van der Waals surface area contributed by atoms with Crippen LogP contribution in [0.1, 0.15) is 26.3 Å². The fourth-order valence-electron chi connectivity index (χ4n) is 2.68. The molecule has 130 valence electrons. The minimum absolute atomic E-state index is 0.147. The summed E-state index contributed by atoms with van der Waals surface area (Å²) in [5.74, 6) is -1.30. The third kappa shape index (κ3) is 3.70. The molecule has 3 N–H and O–H groups in total. The number of aryl methyl sites for hydroxylation is 1. The van der Waals surface area contributed by atoms with Crippen molar-refractivity contribution >= 4 is 45.7 Å². The number of anilines is 1. The first-order valence-electron chi connectivity index (χ1n) is 7.90. The van der Waals surface area contributed by atoms with Gasteiger partial charge in [-0.2, -0.15) is 0 Å². The van der Waals surface area contributed by atoms with Crippen LogP contribution in [0.3, 0.4) is 0 Å². The van der Waals surface area contributed by atoms with Gasteiger partial charge in [-0.1, -0.05) is 36.4 Å². The maximum atomic E-state index is 12.6. The number of carboxylic acid groups (broad SMARTS) is 1. The fraction of sp³-hybridized carbons (Fsp3) is 0.0500. The first kappa shape index (κ1) is 17.6. The molecular formula is C20H16N2O3S. The highest BCUT2D eigenvalue weighted by molar-refractivity contribution is 7.80. The summed E-state index contributed by atoms with van der Waals surface area (Å²) in [5.41, 5.74) is 2.08. The van der Waals surface area contributed by atoms with Crippen molar-refractivity contribution in [3.8, 4) is 0 Å². The van der Waals surface area contributed by atoms with Gasteiger partial charge in [-0.3, -0.25) is 10.1 Å². The normalized spacial score (nSPS) is 10.3. The Bertz CT molecular complexity index is 1030. The van der Waals surface area contributed by atoms with Crippen LogP contribution in [0.25, 0.3) is 10.8 Å². The summed E-state index contributed by atoms with van der Waals surface area (Å²) in [7, 11) is 0. The Morgan fingerprint density at radius 3 is 2.46 bits per heavy atom. The zero-order valence-electron chi connectivity index (χ0n) is 13.9. The van der Waals surface area contributed by atoms with E-state index in [4.69, 9.17) is 17.3 Å². The zero-order chi connectivity index (χ0) is 18.7. The van der Waals surface area contributed by atoms with Crippen LogP contribution in [-0.4, -0.2) is 22.1 Å². The van der Waals surface area contributed by atoms with E-state index in [1.807, 2.05) is 36.4 Å². The Labute approximate surface area is 155 Å². The molecule has 6 heteroatoms. The third-order valence-corrected chi connectivity index (χ3v) is 4.19. The Morgan fingerprint density at radius 2 is 1.73 bits per heavy atom. The molecule has 0 heterocycles. The Morgan fingerprint density at radius 1 is 1.00 bits per heavy atom. The molecule has 0 aromatic heterocycles. The predicted molar refractivity (Wildman–Crippen MR) is 106 cm³/mol. The van der Waals surface area contributed by atoms with E-state index in [-0.39, 0.29) is 16.6 Å². The number of carboxylic acids is 1. The van der Waals surface area contributed by atoms with Crippen LogP contribution in [0.2, 0.25) is 0 Å². The molecule has 5 nitrogen and oxygen atoms in total. The van der Waals surface area contributed by atoms with Crippen LogP contribution in [0, 0.1) is 6.92 Å². The molecule has 3 aromatic carbocycles. The molecule has 0 aliphatic carbocycles. The fourth-order valence-corrected chi connectivity index (χ4v) is 2.89. The van der Waals surface area contributed by atoms with E-state index in [1.54, 1.807) is 25.1 Å². The molecule has 0 atom stereocenters. The maximum absolute atomic E-state index is 12.6.